The molecule has 1 aliphatic rings. The van der Waals surface area contributed by atoms with Gasteiger partial charge < -0.3 is 9.90 Å². The molecule has 2 amide bonds. The van der Waals surface area contributed by atoms with Gasteiger partial charge in [-0.05, 0) is 55.0 Å². The van der Waals surface area contributed by atoms with Gasteiger partial charge in [-0.15, -0.1) is 0 Å². The largest absolute Gasteiger partial charge is 0.545 e. The zero-order valence-corrected chi connectivity index (χ0v) is 16.7. The van der Waals surface area contributed by atoms with Crippen molar-refractivity contribution in [1.82, 2.24) is 9.97 Å². The monoisotopic (exact) mass is 437 g/mol. The lowest BCUT2D eigenvalue weighted by atomic mass is 10.1. The molecule has 1 aliphatic heterocycles. The van der Waals surface area contributed by atoms with E-state index in [4.69, 9.17) is 0 Å². The van der Waals surface area contributed by atoms with Crippen molar-refractivity contribution in [3.05, 3.63) is 77.1 Å². The fourth-order valence-electron chi connectivity index (χ4n) is 3.05. The van der Waals surface area contributed by atoms with Crippen LogP contribution in [-0.4, -0.2) is 36.2 Å². The van der Waals surface area contributed by atoms with E-state index in [0.717, 1.165) is 11.0 Å². The maximum atomic E-state index is 12.7. The number of aromatic carboxylic acids is 1. The quantitative estimate of drug-likeness (QED) is 0.575. The van der Waals surface area contributed by atoms with Gasteiger partial charge in [0.2, 0.25) is 5.95 Å². The zero-order chi connectivity index (χ0) is 22.3. The highest BCUT2D eigenvalue weighted by Crippen LogP contribution is 2.30. The van der Waals surface area contributed by atoms with Gasteiger partial charge in [-0.2, -0.15) is 0 Å². The van der Waals surface area contributed by atoms with Crippen molar-refractivity contribution in [3.63, 3.8) is 0 Å². The minimum absolute atomic E-state index is 0.0463. The Hall–Kier alpha value is -4.12. The number of amides is 2. The lowest BCUT2D eigenvalue weighted by molar-refractivity contribution is -0.255. The number of nitrogens with one attached hydrogen (secondary N) is 1. The molecule has 0 saturated heterocycles. The molecule has 0 atom stereocenters. The molecule has 4 rings (SSSR count). The lowest BCUT2D eigenvalue weighted by Crippen LogP contribution is -2.29. The van der Waals surface area contributed by atoms with Crippen LogP contribution < -0.4 is 14.7 Å². The first kappa shape index (κ1) is 20.2. The van der Waals surface area contributed by atoms with E-state index in [-0.39, 0.29) is 33.2 Å². The van der Waals surface area contributed by atoms with Crippen LogP contribution in [-0.2, 0) is 10.0 Å². The smallest absolute Gasteiger partial charge is 0.266 e. The molecule has 0 unspecified atom stereocenters. The third-order valence-electron chi connectivity index (χ3n) is 4.55. The molecule has 3 aromatic rings. The number of hydrogen-bond donors (Lipinski definition) is 1. The Morgan fingerprint density at radius 1 is 1.00 bits per heavy atom. The highest BCUT2D eigenvalue weighted by molar-refractivity contribution is 7.92. The topological polar surface area (TPSA) is 149 Å². The molecule has 2 aromatic carbocycles. The number of fused-ring (bicyclic) bond motifs is 1. The molecule has 10 nitrogen and oxygen atoms in total. The number of benzene rings is 2. The average Bonchev–Trinajstić information content (AvgIpc) is 2.97. The molecule has 1 N–H and O–H groups in total. The zero-order valence-electron chi connectivity index (χ0n) is 15.9. The summed E-state index contributed by atoms with van der Waals surface area (Å²) >= 11 is 0. The molecular formula is C20H13N4O6S-. The van der Waals surface area contributed by atoms with Crippen molar-refractivity contribution in [1.29, 1.82) is 0 Å². The van der Waals surface area contributed by atoms with Gasteiger partial charge in [0.15, 0.2) is 0 Å². The third-order valence-corrected chi connectivity index (χ3v) is 5.89. The normalized spacial score (nSPS) is 13.3. The molecule has 0 bridgehead atoms. The Kier molecular flexibility index (Phi) is 4.74. The first-order valence-electron chi connectivity index (χ1n) is 8.84. The third kappa shape index (κ3) is 3.62. The van der Waals surface area contributed by atoms with Crippen LogP contribution in [0.3, 0.4) is 0 Å². The van der Waals surface area contributed by atoms with Crippen LogP contribution >= 0.6 is 0 Å². The van der Waals surface area contributed by atoms with Crippen LogP contribution in [0.2, 0.25) is 0 Å². The van der Waals surface area contributed by atoms with Gasteiger partial charge in [-0.1, -0.05) is 6.07 Å². The number of carbonyl (C=O) groups excluding carboxylic acids is 3. The molecule has 31 heavy (non-hydrogen) atoms. The van der Waals surface area contributed by atoms with Gasteiger partial charge >= 0.3 is 0 Å². The Morgan fingerprint density at radius 2 is 1.68 bits per heavy atom. The number of carboxylic acids is 1. The number of sulfonamides is 1. The Bertz CT molecular complexity index is 1350. The van der Waals surface area contributed by atoms with E-state index in [1.54, 1.807) is 13.0 Å². The summed E-state index contributed by atoms with van der Waals surface area (Å²) in [6.07, 6.45) is 1.41. The number of carbonyl (C=O) groups is 3. The molecule has 0 radical (unpaired) electrons. The predicted molar refractivity (Wildman–Crippen MR) is 106 cm³/mol. The second-order valence-corrected chi connectivity index (χ2v) is 8.30. The molecular weight excluding hydrogens is 424 g/mol. The number of hydrogen-bond acceptors (Lipinski definition) is 8. The van der Waals surface area contributed by atoms with Crippen molar-refractivity contribution in [3.8, 4) is 0 Å². The van der Waals surface area contributed by atoms with E-state index in [0.29, 0.717) is 5.69 Å². The minimum atomic E-state index is -4.00. The van der Waals surface area contributed by atoms with E-state index < -0.39 is 27.8 Å². The van der Waals surface area contributed by atoms with Crippen LogP contribution in [0.5, 0.6) is 0 Å². The molecule has 0 fully saturated rings. The van der Waals surface area contributed by atoms with Gasteiger partial charge in [-0.25, -0.2) is 28.0 Å². The summed E-state index contributed by atoms with van der Waals surface area (Å²) in [6, 6.07) is 10.2. The Balaban J connectivity index is 1.61. The molecule has 1 aromatic heterocycles. The molecule has 11 heteroatoms. The summed E-state index contributed by atoms with van der Waals surface area (Å²) in [4.78, 5) is 44.9. The van der Waals surface area contributed by atoms with Gasteiger partial charge in [0, 0.05) is 11.9 Å². The number of aryl methyl sites for hydroxylation is 1. The summed E-state index contributed by atoms with van der Waals surface area (Å²) in [6.45, 7) is 1.69. The van der Waals surface area contributed by atoms with E-state index in [1.165, 1.54) is 42.6 Å². The number of imide groups is 1. The summed E-state index contributed by atoms with van der Waals surface area (Å²) in [5.41, 5.74) is 0.460. The van der Waals surface area contributed by atoms with E-state index in [1.807, 2.05) is 0 Å². The maximum absolute atomic E-state index is 12.7. The van der Waals surface area contributed by atoms with Gasteiger partial charge in [0.25, 0.3) is 21.8 Å². The standard InChI is InChI=1S/C20H14N4O6S/c1-11-8-9-21-20(22-11)23-31(29,30)14-5-3-13(4-6-14)24-17(25)15-7-2-12(19(27)28)10-16(15)18(24)26/h2-10H,1H3,(H,27,28)(H,21,22,23)/p-1. The predicted octanol–water partition coefficient (Wildman–Crippen LogP) is 0.750. The summed E-state index contributed by atoms with van der Waals surface area (Å²) in [5.74, 6) is -2.92. The van der Waals surface area contributed by atoms with Crippen LogP contribution in [0.1, 0.15) is 36.8 Å². The first-order valence-corrected chi connectivity index (χ1v) is 10.3. The van der Waals surface area contributed by atoms with Crippen molar-refractivity contribution < 1.29 is 27.9 Å². The SMILES string of the molecule is Cc1ccnc(NS(=O)(=O)c2ccc(N3C(=O)c4ccc(C(=O)[O-])cc4C3=O)cc2)n1. The minimum Gasteiger partial charge on any atom is -0.545 e. The van der Waals surface area contributed by atoms with Crippen molar-refractivity contribution in [2.75, 3.05) is 9.62 Å². The molecule has 0 aliphatic carbocycles. The number of anilines is 2. The fourth-order valence-corrected chi connectivity index (χ4v) is 4.00. The van der Waals surface area contributed by atoms with Crippen molar-refractivity contribution >= 4 is 39.4 Å². The summed E-state index contributed by atoms with van der Waals surface area (Å²) in [5, 5.41) is 11.0. The summed E-state index contributed by atoms with van der Waals surface area (Å²) < 4.78 is 27.4. The van der Waals surface area contributed by atoms with Crippen molar-refractivity contribution in [2.45, 2.75) is 11.8 Å². The van der Waals surface area contributed by atoms with Crippen molar-refractivity contribution in [2.24, 2.45) is 0 Å². The second kappa shape index (κ2) is 7.29. The number of rotatable bonds is 5. The second-order valence-electron chi connectivity index (χ2n) is 6.61. The Labute approximate surface area is 176 Å². The Morgan fingerprint density at radius 3 is 2.32 bits per heavy atom. The van der Waals surface area contributed by atoms with Gasteiger partial charge in [0.05, 0.1) is 27.7 Å². The van der Waals surface area contributed by atoms with Crippen LogP contribution in [0.4, 0.5) is 11.6 Å². The number of aromatic nitrogens is 2. The summed E-state index contributed by atoms with van der Waals surface area (Å²) in [7, 11) is -4.00. The molecule has 0 spiro atoms. The lowest BCUT2D eigenvalue weighted by Gasteiger charge is -2.14. The first-order chi connectivity index (χ1) is 14.7. The van der Waals surface area contributed by atoms with E-state index in [2.05, 4.69) is 14.7 Å². The molecule has 156 valence electrons. The molecule has 0 saturated carbocycles. The van der Waals surface area contributed by atoms with E-state index in [9.17, 15) is 27.9 Å². The number of nitrogens with zero attached hydrogens (tertiary/aromatic N) is 3. The average molecular weight is 437 g/mol. The molecule has 2 heterocycles. The van der Waals surface area contributed by atoms with Crippen LogP contribution in [0.25, 0.3) is 0 Å². The highest BCUT2D eigenvalue weighted by atomic mass is 32.2. The van der Waals surface area contributed by atoms with Crippen LogP contribution in [0.15, 0.2) is 59.6 Å². The number of carboxylic acid groups (broad SMARTS) is 1. The highest BCUT2D eigenvalue weighted by Gasteiger charge is 2.37. The maximum Gasteiger partial charge on any atom is 0.266 e. The van der Waals surface area contributed by atoms with E-state index >= 15 is 0 Å². The van der Waals surface area contributed by atoms with Crippen LogP contribution in [0, 0.1) is 6.92 Å². The fraction of sp³-hybridized carbons (Fsp3) is 0.0500. The van der Waals surface area contributed by atoms with Gasteiger partial charge in [-0.3, -0.25) is 9.59 Å². The van der Waals surface area contributed by atoms with Gasteiger partial charge in [0.1, 0.15) is 0 Å².